The number of nitrogens with one attached hydrogen (secondary N) is 2. The van der Waals surface area contributed by atoms with Crippen molar-refractivity contribution in [1.82, 2.24) is 39.9 Å². The summed E-state index contributed by atoms with van der Waals surface area (Å²) in [5, 5.41) is 0. The van der Waals surface area contributed by atoms with Gasteiger partial charge in [-0.1, -0.05) is 0 Å². The Morgan fingerprint density at radius 1 is 0.327 bits per heavy atom. The molecule has 8 nitrogen and oxygen atoms in total. The van der Waals surface area contributed by atoms with Crippen LogP contribution in [0.5, 0.6) is 0 Å². The maximum atomic E-state index is 4.63. The van der Waals surface area contributed by atoms with E-state index < -0.39 is 14.8 Å². The molecule has 0 radical (unpaired) electrons. The molecular formula is C40H30N8Zn. The van der Waals surface area contributed by atoms with Gasteiger partial charge in [0.15, 0.2) is 0 Å². The number of rotatable bonds is 4. The van der Waals surface area contributed by atoms with Crippen LogP contribution in [0.3, 0.4) is 0 Å². The van der Waals surface area contributed by atoms with Gasteiger partial charge < -0.3 is 9.97 Å². The van der Waals surface area contributed by atoms with Gasteiger partial charge in [0.05, 0.1) is 22.8 Å². The average Bonchev–Trinajstić information content (AvgIpc) is 3.98. The second-order valence-corrected chi connectivity index (χ2v) is 23.7. The molecule has 9 rings (SSSR count). The predicted molar refractivity (Wildman–Crippen MR) is 194 cm³/mol. The van der Waals surface area contributed by atoms with Crippen molar-refractivity contribution < 1.29 is 14.8 Å². The van der Waals surface area contributed by atoms with Gasteiger partial charge in [-0.25, -0.2) is 9.97 Å². The average molecular weight is 688 g/mol. The Kier molecular flexibility index (Phi) is 8.32. The van der Waals surface area contributed by atoms with Crippen LogP contribution in [0.2, 0.25) is 0 Å². The number of H-pyrrole nitrogens is 2. The molecule has 2 aliphatic heterocycles. The van der Waals surface area contributed by atoms with Crippen LogP contribution < -0.4 is 16.6 Å². The second kappa shape index (κ2) is 13.5. The van der Waals surface area contributed by atoms with Crippen LogP contribution in [0.25, 0.3) is 46.4 Å². The molecule has 2 aliphatic rings. The zero-order valence-corrected chi connectivity index (χ0v) is 29.5. The monoisotopic (exact) mass is 686 g/mol. The number of hydrogen-bond donors (Lipinski definition) is 2. The van der Waals surface area contributed by atoms with Crippen LogP contribution in [-0.4, -0.2) is 39.9 Å². The Labute approximate surface area is 285 Å². The number of aromatic nitrogens is 8. The summed E-state index contributed by atoms with van der Waals surface area (Å²) in [7, 11) is 0. The van der Waals surface area contributed by atoms with Crippen molar-refractivity contribution in [1.29, 1.82) is 0 Å². The fourth-order valence-electron chi connectivity index (χ4n) is 7.30. The zero-order valence-electron chi connectivity index (χ0n) is 26.6. The molecule has 9 heteroatoms. The maximum absolute atomic E-state index is 4.63. The SMILES string of the molecule is C1=Cc2cc3ccc(cc4nc(cc5ccc(cc1n2)[nH]5)C=C4)[nH]3.c1c[c]([Zn]([c]2ccncc2)([c]2ccncc2)[c]2ccncc2)ccn1. The van der Waals surface area contributed by atoms with E-state index in [0.717, 1.165) is 44.8 Å². The third kappa shape index (κ3) is 6.40. The van der Waals surface area contributed by atoms with Crippen LogP contribution in [0, 0.1) is 0 Å². The van der Waals surface area contributed by atoms with Crippen molar-refractivity contribution in [3.05, 3.63) is 169 Å². The van der Waals surface area contributed by atoms with Crippen LogP contribution in [0.15, 0.2) is 147 Å². The van der Waals surface area contributed by atoms with E-state index in [1.54, 1.807) is 0 Å². The summed E-state index contributed by atoms with van der Waals surface area (Å²) < 4.78 is 5.40. The van der Waals surface area contributed by atoms with Gasteiger partial charge in [0.25, 0.3) is 0 Å². The summed E-state index contributed by atoms with van der Waals surface area (Å²) in [5.74, 6) is 0. The van der Waals surface area contributed by atoms with Gasteiger partial charge in [-0.2, -0.15) is 0 Å². The molecule has 232 valence electrons. The van der Waals surface area contributed by atoms with Crippen molar-refractivity contribution in [2.24, 2.45) is 0 Å². The fourth-order valence-corrected chi connectivity index (χ4v) is 20.9. The van der Waals surface area contributed by atoms with Gasteiger partial charge >= 0.3 is 149 Å². The van der Waals surface area contributed by atoms with Crippen molar-refractivity contribution in [2.45, 2.75) is 0 Å². The molecule has 0 saturated heterocycles. The number of aromatic amines is 2. The number of hydrogen-bond acceptors (Lipinski definition) is 6. The third-order valence-electron chi connectivity index (χ3n) is 9.49. The van der Waals surface area contributed by atoms with Gasteiger partial charge in [0.2, 0.25) is 0 Å². The first-order chi connectivity index (χ1) is 24.2. The van der Waals surface area contributed by atoms with Crippen molar-refractivity contribution in [2.75, 3.05) is 0 Å². The normalized spacial score (nSPS) is 11.6. The standard InChI is InChI=1S/C20H14N4.4C5H4N.Zn/c1-2-14-10-16-5-6-18(23-16)12-20-8-7-19(24-20)11-17-4-3-15(22-17)9-13(1)21-14;4*1-2-4-6-5-3-1;/h1-12,21,24H;4*2-5H;. The molecule has 0 fully saturated rings. The summed E-state index contributed by atoms with van der Waals surface area (Å²) in [5.41, 5.74) is 7.86. The van der Waals surface area contributed by atoms with Gasteiger partial charge in [0, 0.05) is 22.1 Å². The molecule has 0 unspecified atom stereocenters. The molecule has 0 aromatic carbocycles. The van der Waals surface area contributed by atoms with E-state index in [1.165, 1.54) is 16.6 Å². The van der Waals surface area contributed by atoms with E-state index in [-0.39, 0.29) is 0 Å². The van der Waals surface area contributed by atoms with Crippen LogP contribution in [-0.2, 0) is 14.8 Å². The molecule has 0 saturated carbocycles. The van der Waals surface area contributed by atoms with Crippen LogP contribution in [0.4, 0.5) is 0 Å². The number of fused-ring (bicyclic) bond motifs is 8. The topological polar surface area (TPSA) is 109 Å². The molecule has 0 spiro atoms. The summed E-state index contributed by atoms with van der Waals surface area (Å²) in [6, 6.07) is 33.6. The first-order valence-electron chi connectivity index (χ1n) is 16.3. The molecule has 8 bridgehead atoms. The van der Waals surface area contributed by atoms with Crippen molar-refractivity contribution in [3.63, 3.8) is 0 Å². The predicted octanol–water partition coefficient (Wildman–Crippen LogP) is 5.68. The van der Waals surface area contributed by atoms with Gasteiger partial charge in [-0.15, -0.1) is 0 Å². The van der Waals surface area contributed by atoms with Crippen molar-refractivity contribution in [3.8, 4) is 0 Å². The number of nitrogens with zero attached hydrogens (tertiary/aromatic N) is 6. The van der Waals surface area contributed by atoms with E-state index in [4.69, 9.17) is 0 Å². The van der Waals surface area contributed by atoms with Gasteiger partial charge in [0.1, 0.15) is 0 Å². The molecule has 49 heavy (non-hydrogen) atoms. The molecule has 7 aromatic rings. The van der Waals surface area contributed by atoms with Crippen LogP contribution in [0.1, 0.15) is 22.8 Å². The molecule has 2 N–H and O–H groups in total. The minimum atomic E-state index is -3.59. The molecular weight excluding hydrogens is 658 g/mol. The summed E-state index contributed by atoms with van der Waals surface area (Å²) in [4.78, 5) is 33.0. The quantitative estimate of drug-likeness (QED) is 0.231. The van der Waals surface area contributed by atoms with E-state index in [1.807, 2.05) is 98.1 Å². The van der Waals surface area contributed by atoms with Gasteiger partial charge in [-0.3, -0.25) is 0 Å². The van der Waals surface area contributed by atoms with E-state index in [9.17, 15) is 0 Å². The molecule has 9 heterocycles. The summed E-state index contributed by atoms with van der Waals surface area (Å²) in [6.07, 6.45) is 23.1. The Balaban J connectivity index is 0.000000142. The first kappa shape index (κ1) is 30.2. The molecule has 0 amide bonds. The van der Waals surface area contributed by atoms with Crippen LogP contribution >= 0.6 is 0 Å². The first-order valence-corrected chi connectivity index (χ1v) is 22.2. The van der Waals surface area contributed by atoms with Crippen molar-refractivity contribution >= 4 is 63.0 Å². The fraction of sp³-hybridized carbons (Fsp3) is 0. The van der Waals surface area contributed by atoms with E-state index >= 15 is 0 Å². The van der Waals surface area contributed by atoms with E-state index in [0.29, 0.717) is 0 Å². The Morgan fingerprint density at radius 3 is 0.816 bits per heavy atom. The summed E-state index contributed by atoms with van der Waals surface area (Å²) >= 11 is -3.59. The van der Waals surface area contributed by atoms with Gasteiger partial charge in [-0.05, 0) is 72.8 Å². The number of pyridine rings is 4. The Bertz CT molecular complexity index is 2100. The molecule has 0 aliphatic carbocycles. The molecule has 0 atom stereocenters. The minimum absolute atomic E-state index is 0.939. The zero-order chi connectivity index (χ0) is 32.9. The Morgan fingerprint density at radius 2 is 0.571 bits per heavy atom. The van der Waals surface area contributed by atoms with E-state index in [2.05, 4.69) is 113 Å². The second-order valence-electron chi connectivity index (χ2n) is 12.4. The Hall–Kier alpha value is -6.18. The molecule has 7 aromatic heterocycles. The summed E-state index contributed by atoms with van der Waals surface area (Å²) in [6.45, 7) is 0. The third-order valence-corrected chi connectivity index (χ3v) is 23.7.